The van der Waals surface area contributed by atoms with Gasteiger partial charge in [-0.2, -0.15) is 0 Å². The second-order valence-corrected chi connectivity index (χ2v) is 6.20. The first-order valence-corrected chi connectivity index (χ1v) is 8.58. The average molecular weight is 378 g/mol. The SMILES string of the molecule is Cl.O=C(O)C1CCCN(CCO/N=C(/c2ccccc2)c2ccc[nH]2)C1. The third-order valence-corrected chi connectivity index (χ3v) is 4.41. The molecule has 2 heterocycles. The van der Waals surface area contributed by atoms with Crippen molar-refractivity contribution in [1.82, 2.24) is 9.88 Å². The monoisotopic (exact) mass is 377 g/mol. The van der Waals surface area contributed by atoms with Gasteiger partial charge in [-0.1, -0.05) is 35.5 Å². The van der Waals surface area contributed by atoms with Gasteiger partial charge in [0.2, 0.25) is 0 Å². The number of nitrogens with zero attached hydrogens (tertiary/aromatic N) is 2. The highest BCUT2D eigenvalue weighted by Gasteiger charge is 2.24. The summed E-state index contributed by atoms with van der Waals surface area (Å²) in [6, 6.07) is 13.8. The number of halogens is 1. The van der Waals surface area contributed by atoms with Crippen LogP contribution in [0.1, 0.15) is 24.1 Å². The molecule has 1 aliphatic rings. The summed E-state index contributed by atoms with van der Waals surface area (Å²) in [5.41, 5.74) is 2.64. The number of hydrogen-bond donors (Lipinski definition) is 2. The molecule has 0 radical (unpaired) electrons. The quantitative estimate of drug-likeness (QED) is 0.441. The molecular weight excluding hydrogens is 354 g/mol. The molecule has 0 bridgehead atoms. The summed E-state index contributed by atoms with van der Waals surface area (Å²) in [7, 11) is 0. The maximum atomic E-state index is 11.1. The molecule has 7 heteroatoms. The maximum Gasteiger partial charge on any atom is 0.307 e. The number of aliphatic carboxylic acids is 1. The molecule has 0 amide bonds. The van der Waals surface area contributed by atoms with Crippen molar-refractivity contribution < 1.29 is 14.7 Å². The minimum Gasteiger partial charge on any atom is -0.481 e. The normalized spacial score (nSPS) is 18.2. The van der Waals surface area contributed by atoms with Crippen molar-refractivity contribution in [3.8, 4) is 0 Å². The molecule has 0 aliphatic carbocycles. The molecule has 6 nitrogen and oxygen atoms in total. The van der Waals surface area contributed by atoms with Gasteiger partial charge in [-0.05, 0) is 31.5 Å². The molecule has 2 N–H and O–H groups in total. The molecule has 1 unspecified atom stereocenters. The van der Waals surface area contributed by atoms with Crippen LogP contribution in [-0.2, 0) is 9.63 Å². The summed E-state index contributed by atoms with van der Waals surface area (Å²) >= 11 is 0. The van der Waals surface area contributed by atoms with Gasteiger partial charge in [-0.3, -0.25) is 9.69 Å². The Morgan fingerprint density at radius 3 is 2.77 bits per heavy atom. The van der Waals surface area contributed by atoms with Crippen molar-refractivity contribution in [2.75, 3.05) is 26.2 Å². The summed E-state index contributed by atoms with van der Waals surface area (Å²) in [4.78, 5) is 22.0. The lowest BCUT2D eigenvalue weighted by molar-refractivity contribution is -0.143. The highest BCUT2D eigenvalue weighted by atomic mass is 35.5. The lowest BCUT2D eigenvalue weighted by Crippen LogP contribution is -2.40. The van der Waals surface area contributed by atoms with E-state index in [1.807, 2.05) is 48.7 Å². The fourth-order valence-electron chi connectivity index (χ4n) is 3.07. The third-order valence-electron chi connectivity index (χ3n) is 4.41. The summed E-state index contributed by atoms with van der Waals surface area (Å²) in [6.07, 6.45) is 3.53. The Bertz CT molecular complexity index is 704. The first-order valence-electron chi connectivity index (χ1n) is 8.58. The third kappa shape index (κ3) is 5.34. The number of H-pyrrole nitrogens is 1. The van der Waals surface area contributed by atoms with Crippen LogP contribution in [0, 0.1) is 5.92 Å². The minimum atomic E-state index is -0.707. The zero-order chi connectivity index (χ0) is 17.5. The number of aromatic nitrogens is 1. The van der Waals surface area contributed by atoms with Crippen molar-refractivity contribution in [1.29, 1.82) is 0 Å². The lowest BCUT2D eigenvalue weighted by Gasteiger charge is -2.29. The van der Waals surface area contributed by atoms with Gasteiger partial charge in [0.1, 0.15) is 12.3 Å². The average Bonchev–Trinajstić information content (AvgIpc) is 3.17. The van der Waals surface area contributed by atoms with E-state index in [4.69, 9.17) is 9.94 Å². The Morgan fingerprint density at radius 2 is 2.08 bits per heavy atom. The van der Waals surface area contributed by atoms with Crippen LogP contribution >= 0.6 is 12.4 Å². The van der Waals surface area contributed by atoms with E-state index < -0.39 is 5.97 Å². The van der Waals surface area contributed by atoms with Crippen LogP contribution in [-0.4, -0.2) is 52.9 Å². The molecule has 26 heavy (non-hydrogen) atoms. The van der Waals surface area contributed by atoms with Gasteiger partial charge in [0, 0.05) is 24.8 Å². The first kappa shape index (κ1) is 20.0. The lowest BCUT2D eigenvalue weighted by atomic mass is 9.98. The molecule has 3 rings (SSSR count). The summed E-state index contributed by atoms with van der Waals surface area (Å²) in [6.45, 7) is 2.62. The summed E-state index contributed by atoms with van der Waals surface area (Å²) < 4.78 is 0. The van der Waals surface area contributed by atoms with E-state index in [-0.39, 0.29) is 18.3 Å². The number of hydrogen-bond acceptors (Lipinski definition) is 4. The minimum absolute atomic E-state index is 0. The highest BCUT2D eigenvalue weighted by molar-refractivity contribution is 6.11. The van der Waals surface area contributed by atoms with Gasteiger partial charge < -0.3 is 14.9 Å². The Kier molecular flexibility index (Phi) is 7.69. The van der Waals surface area contributed by atoms with Gasteiger partial charge in [0.25, 0.3) is 0 Å². The molecule has 1 aromatic carbocycles. The Hall–Kier alpha value is -2.31. The molecule has 1 aliphatic heterocycles. The number of rotatable bonds is 7. The van der Waals surface area contributed by atoms with Crippen LogP contribution in [0.15, 0.2) is 53.8 Å². The van der Waals surface area contributed by atoms with Gasteiger partial charge in [0.05, 0.1) is 11.6 Å². The van der Waals surface area contributed by atoms with Crippen LogP contribution in [0.3, 0.4) is 0 Å². The van der Waals surface area contributed by atoms with E-state index >= 15 is 0 Å². The van der Waals surface area contributed by atoms with Crippen molar-refractivity contribution in [2.45, 2.75) is 12.8 Å². The Morgan fingerprint density at radius 1 is 1.27 bits per heavy atom. The van der Waals surface area contributed by atoms with E-state index in [9.17, 15) is 4.79 Å². The van der Waals surface area contributed by atoms with E-state index in [0.29, 0.717) is 19.7 Å². The van der Waals surface area contributed by atoms with Gasteiger partial charge in [-0.25, -0.2) is 0 Å². The topological polar surface area (TPSA) is 77.9 Å². The van der Waals surface area contributed by atoms with E-state index in [0.717, 1.165) is 36.4 Å². The molecule has 0 saturated carbocycles. The van der Waals surface area contributed by atoms with Gasteiger partial charge in [0.15, 0.2) is 0 Å². The number of carbonyl (C=O) groups is 1. The van der Waals surface area contributed by atoms with E-state index in [2.05, 4.69) is 15.0 Å². The number of carboxylic acids is 1. The van der Waals surface area contributed by atoms with Gasteiger partial charge in [-0.15, -0.1) is 12.4 Å². The summed E-state index contributed by atoms with van der Waals surface area (Å²) in [5, 5.41) is 13.5. The zero-order valence-electron chi connectivity index (χ0n) is 14.5. The number of benzene rings is 1. The van der Waals surface area contributed by atoms with Crippen molar-refractivity contribution >= 4 is 24.1 Å². The molecule has 1 saturated heterocycles. The van der Waals surface area contributed by atoms with Crippen LogP contribution < -0.4 is 0 Å². The van der Waals surface area contributed by atoms with Crippen LogP contribution in [0.4, 0.5) is 0 Å². The van der Waals surface area contributed by atoms with Crippen molar-refractivity contribution in [3.63, 3.8) is 0 Å². The molecule has 0 spiro atoms. The second-order valence-electron chi connectivity index (χ2n) is 6.20. The van der Waals surface area contributed by atoms with Gasteiger partial charge >= 0.3 is 5.97 Å². The highest BCUT2D eigenvalue weighted by Crippen LogP contribution is 2.16. The number of nitrogens with one attached hydrogen (secondary N) is 1. The smallest absolute Gasteiger partial charge is 0.307 e. The maximum absolute atomic E-state index is 11.1. The van der Waals surface area contributed by atoms with Crippen molar-refractivity contribution in [2.24, 2.45) is 11.1 Å². The largest absolute Gasteiger partial charge is 0.481 e. The number of piperidine rings is 1. The molecular formula is C19H24ClN3O3. The molecule has 2 aromatic rings. The van der Waals surface area contributed by atoms with Crippen molar-refractivity contribution in [3.05, 3.63) is 59.9 Å². The Balaban J connectivity index is 0.00000243. The van der Waals surface area contributed by atoms with E-state index in [1.165, 1.54) is 0 Å². The van der Waals surface area contributed by atoms with E-state index in [1.54, 1.807) is 0 Å². The molecule has 1 aromatic heterocycles. The summed E-state index contributed by atoms with van der Waals surface area (Å²) in [5.74, 6) is -0.974. The zero-order valence-corrected chi connectivity index (χ0v) is 15.3. The number of likely N-dealkylation sites (tertiary alicyclic amines) is 1. The molecule has 140 valence electrons. The van der Waals surface area contributed by atoms with Crippen LogP contribution in [0.5, 0.6) is 0 Å². The van der Waals surface area contributed by atoms with Crippen LogP contribution in [0.25, 0.3) is 0 Å². The Labute approximate surface area is 159 Å². The predicted octanol–water partition coefficient (Wildman–Crippen LogP) is 3.00. The van der Waals surface area contributed by atoms with Crippen LogP contribution in [0.2, 0.25) is 0 Å². The molecule has 1 atom stereocenters. The first-order chi connectivity index (χ1) is 12.2. The number of aromatic amines is 1. The number of carboxylic acid groups (broad SMARTS) is 1. The number of oxime groups is 1. The second kappa shape index (κ2) is 9.99. The fourth-order valence-corrected chi connectivity index (χ4v) is 3.07. The fraction of sp³-hybridized carbons (Fsp3) is 0.368. The standard InChI is InChI=1S/C19H23N3O3.ClH/c23-19(24)16-8-5-11-22(14-16)12-13-25-21-18(17-9-4-10-20-17)15-6-2-1-3-7-15;/h1-4,6-7,9-10,16,20H,5,8,11-14H2,(H,23,24);1H/b21-18-;. The molecule has 1 fully saturated rings. The predicted molar refractivity (Wildman–Crippen MR) is 103 cm³/mol.